The quantitative estimate of drug-likeness (QED) is 0.429. The molecule has 166 valence electrons. The molecule has 0 bridgehead atoms. The molecule has 0 radical (unpaired) electrons. The predicted molar refractivity (Wildman–Crippen MR) is 113 cm³/mol. The van der Waals surface area contributed by atoms with Gasteiger partial charge in [-0.05, 0) is 36.4 Å². The van der Waals surface area contributed by atoms with E-state index in [-0.39, 0.29) is 5.56 Å². The molecule has 1 fully saturated rings. The van der Waals surface area contributed by atoms with Crippen molar-refractivity contribution in [2.45, 2.75) is 6.18 Å². The van der Waals surface area contributed by atoms with E-state index in [1.807, 2.05) is 18.2 Å². The lowest BCUT2D eigenvalue weighted by Gasteiger charge is -2.37. The van der Waals surface area contributed by atoms with E-state index in [1.54, 1.807) is 13.2 Å². The number of guanidine groups is 1. The topological polar surface area (TPSA) is 72.9 Å². The molecule has 0 aliphatic carbocycles. The molecular weight excluding hydrogens is 409 g/mol. The minimum atomic E-state index is -4.42. The van der Waals surface area contributed by atoms with E-state index < -0.39 is 17.6 Å². The van der Waals surface area contributed by atoms with Gasteiger partial charge in [-0.1, -0.05) is 6.07 Å². The maximum Gasteiger partial charge on any atom is 0.416 e. The number of nitrogens with one attached hydrogen (secondary N) is 2. The van der Waals surface area contributed by atoms with E-state index in [4.69, 9.17) is 0 Å². The van der Waals surface area contributed by atoms with Crippen molar-refractivity contribution in [2.75, 3.05) is 51.2 Å². The Morgan fingerprint density at radius 2 is 1.71 bits per heavy atom. The van der Waals surface area contributed by atoms with Crippen LogP contribution in [0.2, 0.25) is 0 Å². The molecule has 1 amide bonds. The van der Waals surface area contributed by atoms with Gasteiger partial charge in [0.2, 0.25) is 0 Å². The number of carbonyl (C=O) groups is 1. The summed E-state index contributed by atoms with van der Waals surface area (Å²) in [6, 6.07) is 9.99. The van der Waals surface area contributed by atoms with Gasteiger partial charge in [-0.15, -0.1) is 0 Å². The lowest BCUT2D eigenvalue weighted by Crippen LogP contribution is -2.53. The molecule has 1 aliphatic rings. The molecule has 1 aromatic carbocycles. The van der Waals surface area contributed by atoms with Crippen LogP contribution in [-0.2, 0) is 6.18 Å². The van der Waals surface area contributed by atoms with E-state index in [2.05, 4.69) is 30.4 Å². The van der Waals surface area contributed by atoms with E-state index in [0.29, 0.717) is 13.1 Å². The maximum atomic E-state index is 12.6. The average Bonchev–Trinajstić information content (AvgIpc) is 2.79. The Kier molecular flexibility index (Phi) is 7.32. The van der Waals surface area contributed by atoms with Crippen molar-refractivity contribution in [2.24, 2.45) is 4.99 Å². The highest BCUT2D eigenvalue weighted by Gasteiger charge is 2.30. The Labute approximate surface area is 179 Å². The van der Waals surface area contributed by atoms with Crippen molar-refractivity contribution in [3.05, 3.63) is 59.8 Å². The second-order valence-electron chi connectivity index (χ2n) is 6.97. The normalized spacial score (nSPS) is 15.0. The smallest absolute Gasteiger partial charge is 0.354 e. The number of nitrogens with zero attached hydrogens (tertiary/aromatic N) is 4. The number of halogens is 3. The third-order valence-corrected chi connectivity index (χ3v) is 4.93. The maximum absolute atomic E-state index is 12.6. The van der Waals surface area contributed by atoms with E-state index >= 15 is 0 Å². The monoisotopic (exact) mass is 434 g/mol. The Morgan fingerprint density at radius 1 is 1.03 bits per heavy atom. The third-order valence-electron chi connectivity index (χ3n) is 4.93. The fourth-order valence-electron chi connectivity index (χ4n) is 3.28. The summed E-state index contributed by atoms with van der Waals surface area (Å²) in [5.74, 6) is 1.27. The number of carbonyl (C=O) groups excluding carboxylic acids is 1. The zero-order valence-electron chi connectivity index (χ0n) is 17.2. The number of aromatic nitrogens is 1. The first kappa shape index (κ1) is 22.4. The molecule has 2 N–H and O–H groups in total. The van der Waals surface area contributed by atoms with Crippen LogP contribution in [0.25, 0.3) is 0 Å². The minimum absolute atomic E-state index is 0.183. The highest BCUT2D eigenvalue weighted by molar-refractivity contribution is 5.94. The molecule has 0 spiro atoms. The van der Waals surface area contributed by atoms with Gasteiger partial charge < -0.3 is 20.4 Å². The predicted octanol–water partition coefficient (Wildman–Crippen LogP) is 2.23. The summed E-state index contributed by atoms with van der Waals surface area (Å²) in [5, 5.41) is 5.90. The van der Waals surface area contributed by atoms with Gasteiger partial charge >= 0.3 is 6.18 Å². The number of hydrogen-bond donors (Lipinski definition) is 2. The lowest BCUT2D eigenvalue weighted by atomic mass is 10.1. The molecule has 1 aliphatic heterocycles. The van der Waals surface area contributed by atoms with Crippen LogP contribution in [0, 0.1) is 0 Å². The van der Waals surface area contributed by atoms with Gasteiger partial charge in [-0.2, -0.15) is 13.2 Å². The van der Waals surface area contributed by atoms with Crippen LogP contribution < -0.4 is 15.5 Å². The molecule has 0 unspecified atom stereocenters. The number of anilines is 1. The minimum Gasteiger partial charge on any atom is -0.354 e. The number of benzene rings is 1. The van der Waals surface area contributed by atoms with Gasteiger partial charge in [-0.25, -0.2) is 4.98 Å². The average molecular weight is 434 g/mol. The molecule has 1 aromatic heterocycles. The lowest BCUT2D eigenvalue weighted by molar-refractivity contribution is -0.137. The van der Waals surface area contributed by atoms with E-state index in [1.165, 1.54) is 12.1 Å². The van der Waals surface area contributed by atoms with Crippen LogP contribution in [0.5, 0.6) is 0 Å². The standard InChI is InChI=1S/C21H25F3N6O/c1-25-20(30-14-12-29(13-15-30)18-4-2-3-9-26-18)28-11-10-27-19(31)16-5-7-17(8-6-16)21(22,23)24/h2-9H,10-15H2,1H3,(H,25,28)(H,27,31). The van der Waals surface area contributed by atoms with Gasteiger partial charge in [0.1, 0.15) is 5.82 Å². The summed E-state index contributed by atoms with van der Waals surface area (Å²) in [6.07, 6.45) is -2.64. The second-order valence-corrected chi connectivity index (χ2v) is 6.97. The Balaban J connectivity index is 1.41. The number of hydrogen-bond acceptors (Lipinski definition) is 4. The van der Waals surface area contributed by atoms with Gasteiger partial charge in [0.25, 0.3) is 5.91 Å². The van der Waals surface area contributed by atoms with Crippen molar-refractivity contribution in [1.29, 1.82) is 0 Å². The van der Waals surface area contributed by atoms with Crippen molar-refractivity contribution in [3.8, 4) is 0 Å². The number of piperazine rings is 1. The first-order valence-electron chi connectivity index (χ1n) is 9.95. The van der Waals surface area contributed by atoms with Crippen LogP contribution in [0.4, 0.5) is 19.0 Å². The number of aliphatic imine (C=N–C) groups is 1. The highest BCUT2D eigenvalue weighted by Crippen LogP contribution is 2.29. The summed E-state index contributed by atoms with van der Waals surface area (Å²) in [6.45, 7) is 3.97. The summed E-state index contributed by atoms with van der Waals surface area (Å²) in [7, 11) is 1.70. The number of pyridine rings is 1. The van der Waals surface area contributed by atoms with Crippen LogP contribution in [0.15, 0.2) is 53.7 Å². The molecular formula is C21H25F3N6O. The molecule has 31 heavy (non-hydrogen) atoms. The molecule has 0 atom stereocenters. The molecule has 1 saturated heterocycles. The molecule has 3 rings (SSSR count). The van der Waals surface area contributed by atoms with E-state index in [0.717, 1.165) is 50.1 Å². The molecule has 0 saturated carbocycles. The van der Waals surface area contributed by atoms with Crippen molar-refractivity contribution < 1.29 is 18.0 Å². The molecule has 7 nitrogen and oxygen atoms in total. The molecule has 10 heteroatoms. The first-order valence-corrected chi connectivity index (χ1v) is 9.95. The van der Waals surface area contributed by atoms with Crippen LogP contribution >= 0.6 is 0 Å². The van der Waals surface area contributed by atoms with Crippen molar-refractivity contribution in [3.63, 3.8) is 0 Å². The summed E-state index contributed by atoms with van der Waals surface area (Å²) < 4.78 is 37.8. The Bertz CT molecular complexity index is 878. The fraction of sp³-hybridized carbons (Fsp3) is 0.381. The van der Waals surface area contributed by atoms with Gasteiger partial charge in [0.15, 0.2) is 5.96 Å². The van der Waals surface area contributed by atoms with Crippen LogP contribution in [-0.4, -0.2) is 68.1 Å². The van der Waals surface area contributed by atoms with Gasteiger partial charge in [0, 0.05) is 58.1 Å². The first-order chi connectivity index (χ1) is 14.9. The zero-order chi connectivity index (χ0) is 22.3. The van der Waals surface area contributed by atoms with Crippen molar-refractivity contribution >= 4 is 17.7 Å². The summed E-state index contributed by atoms with van der Waals surface area (Å²) >= 11 is 0. The van der Waals surface area contributed by atoms with Gasteiger partial charge in [-0.3, -0.25) is 9.79 Å². The number of alkyl halides is 3. The highest BCUT2D eigenvalue weighted by atomic mass is 19.4. The Hall–Kier alpha value is -3.30. The zero-order valence-corrected chi connectivity index (χ0v) is 17.2. The summed E-state index contributed by atoms with van der Waals surface area (Å²) in [5.41, 5.74) is -0.597. The largest absolute Gasteiger partial charge is 0.416 e. The van der Waals surface area contributed by atoms with Crippen LogP contribution in [0.3, 0.4) is 0 Å². The number of rotatable bonds is 5. The second kappa shape index (κ2) is 10.1. The van der Waals surface area contributed by atoms with Crippen LogP contribution in [0.1, 0.15) is 15.9 Å². The fourth-order valence-corrected chi connectivity index (χ4v) is 3.28. The third kappa shape index (κ3) is 6.09. The van der Waals surface area contributed by atoms with Gasteiger partial charge in [0.05, 0.1) is 5.56 Å². The molecule has 2 aromatic rings. The van der Waals surface area contributed by atoms with Crippen molar-refractivity contribution in [1.82, 2.24) is 20.5 Å². The van der Waals surface area contributed by atoms with E-state index in [9.17, 15) is 18.0 Å². The summed E-state index contributed by atoms with van der Waals surface area (Å²) in [4.78, 5) is 25.1. The number of amides is 1. The molecule has 2 heterocycles. The SMILES string of the molecule is CN=C(NCCNC(=O)c1ccc(C(F)(F)F)cc1)N1CCN(c2ccccn2)CC1. The Morgan fingerprint density at radius 3 is 2.29 bits per heavy atom.